The van der Waals surface area contributed by atoms with Gasteiger partial charge in [0, 0.05) is 6.61 Å². The number of halogens is 1. The lowest BCUT2D eigenvalue weighted by Crippen LogP contribution is -2.51. The summed E-state index contributed by atoms with van der Waals surface area (Å²) in [5, 5.41) is 3.26. The molecule has 5 heteroatoms. The predicted octanol–water partition coefficient (Wildman–Crippen LogP) is 1.70. The number of nitrogens with two attached hydrogens (primary N) is 1. The average Bonchev–Trinajstić information content (AvgIpc) is 2.72. The number of aryl methyl sites for hydroxylation is 1. The van der Waals surface area contributed by atoms with Crippen molar-refractivity contribution >= 4 is 23.2 Å². The molecule has 1 aromatic carbocycles. The van der Waals surface area contributed by atoms with Crippen LogP contribution in [0.4, 0.5) is 5.69 Å². The number of ether oxygens (including phenoxy) is 1. The van der Waals surface area contributed by atoms with E-state index in [1.807, 2.05) is 19.1 Å². The molecule has 0 aliphatic carbocycles. The number of benzene rings is 1. The van der Waals surface area contributed by atoms with E-state index in [0.717, 1.165) is 5.56 Å². The van der Waals surface area contributed by atoms with Gasteiger partial charge in [-0.3, -0.25) is 4.79 Å². The Kier molecular flexibility index (Phi) is 3.38. The summed E-state index contributed by atoms with van der Waals surface area (Å²) in [7, 11) is 0. The van der Waals surface area contributed by atoms with E-state index < -0.39 is 5.54 Å². The van der Waals surface area contributed by atoms with E-state index in [1.165, 1.54) is 0 Å². The second-order valence-electron chi connectivity index (χ2n) is 4.40. The van der Waals surface area contributed by atoms with E-state index >= 15 is 0 Å². The second-order valence-corrected chi connectivity index (χ2v) is 4.80. The molecule has 0 radical (unpaired) electrons. The van der Waals surface area contributed by atoms with Crippen LogP contribution in [0.3, 0.4) is 0 Å². The van der Waals surface area contributed by atoms with Crippen LogP contribution >= 0.6 is 11.6 Å². The number of carbonyl (C=O) groups is 1. The zero-order valence-electron chi connectivity index (χ0n) is 9.63. The largest absolute Gasteiger partial charge is 0.379 e. The molecule has 1 heterocycles. The molecule has 4 nitrogen and oxygen atoms in total. The average molecular weight is 255 g/mol. The first kappa shape index (κ1) is 12.4. The van der Waals surface area contributed by atoms with E-state index in [0.29, 0.717) is 23.7 Å². The van der Waals surface area contributed by atoms with Gasteiger partial charge in [0.25, 0.3) is 0 Å². The first-order valence-corrected chi connectivity index (χ1v) is 5.83. The van der Waals surface area contributed by atoms with Crippen LogP contribution in [0, 0.1) is 6.92 Å². The van der Waals surface area contributed by atoms with Gasteiger partial charge in [-0.15, -0.1) is 0 Å². The number of hydrogen-bond acceptors (Lipinski definition) is 3. The molecule has 1 aliphatic heterocycles. The Morgan fingerprint density at radius 2 is 2.35 bits per heavy atom. The van der Waals surface area contributed by atoms with Crippen molar-refractivity contribution in [3.63, 3.8) is 0 Å². The van der Waals surface area contributed by atoms with Gasteiger partial charge in [-0.25, -0.2) is 0 Å². The molecule has 0 aromatic heterocycles. The molecule has 1 amide bonds. The van der Waals surface area contributed by atoms with Crippen molar-refractivity contribution in [1.82, 2.24) is 0 Å². The fraction of sp³-hybridized carbons (Fsp3) is 0.417. The fourth-order valence-corrected chi connectivity index (χ4v) is 1.91. The summed E-state index contributed by atoms with van der Waals surface area (Å²) in [5.41, 5.74) is 6.64. The van der Waals surface area contributed by atoms with E-state index in [1.54, 1.807) is 6.07 Å². The number of nitrogens with one attached hydrogen (secondary N) is 1. The van der Waals surface area contributed by atoms with Gasteiger partial charge in [0.1, 0.15) is 5.54 Å². The fourth-order valence-electron chi connectivity index (χ4n) is 1.74. The molecule has 92 valence electrons. The van der Waals surface area contributed by atoms with Crippen molar-refractivity contribution in [2.45, 2.75) is 18.9 Å². The highest BCUT2D eigenvalue weighted by molar-refractivity contribution is 6.33. The van der Waals surface area contributed by atoms with Crippen LogP contribution in [-0.2, 0) is 9.53 Å². The molecule has 1 fully saturated rings. The Bertz CT molecular complexity index is 442. The van der Waals surface area contributed by atoms with Crippen LogP contribution in [0.5, 0.6) is 0 Å². The summed E-state index contributed by atoms with van der Waals surface area (Å²) in [4.78, 5) is 12.0. The molecule has 0 saturated carbocycles. The molecule has 1 unspecified atom stereocenters. The summed E-state index contributed by atoms with van der Waals surface area (Å²) in [6.45, 7) is 2.70. The Hall–Kier alpha value is -1.10. The lowest BCUT2D eigenvalue weighted by molar-refractivity contribution is -0.121. The van der Waals surface area contributed by atoms with Crippen molar-refractivity contribution in [1.29, 1.82) is 0 Å². The van der Waals surface area contributed by atoms with E-state index in [9.17, 15) is 4.79 Å². The van der Waals surface area contributed by atoms with Crippen molar-refractivity contribution in [3.05, 3.63) is 28.8 Å². The maximum Gasteiger partial charge on any atom is 0.246 e. The highest BCUT2D eigenvalue weighted by atomic mass is 35.5. The van der Waals surface area contributed by atoms with Crippen LogP contribution < -0.4 is 11.1 Å². The van der Waals surface area contributed by atoms with Gasteiger partial charge in [0.2, 0.25) is 5.91 Å². The van der Waals surface area contributed by atoms with Crippen LogP contribution in [0.1, 0.15) is 12.0 Å². The summed E-state index contributed by atoms with van der Waals surface area (Å²) < 4.78 is 5.15. The van der Waals surface area contributed by atoms with Crippen molar-refractivity contribution < 1.29 is 9.53 Å². The third-order valence-corrected chi connectivity index (χ3v) is 3.20. The third-order valence-electron chi connectivity index (χ3n) is 2.87. The molecule has 3 N–H and O–H groups in total. The summed E-state index contributed by atoms with van der Waals surface area (Å²) in [6, 6.07) is 5.45. The standard InChI is InChI=1S/C12H15ClN2O2/c1-8-2-3-9(13)10(6-8)15-11(16)12(14)4-5-17-7-12/h2-3,6H,4-5,7,14H2,1H3,(H,15,16). The Morgan fingerprint density at radius 3 is 3.00 bits per heavy atom. The molecule has 0 spiro atoms. The third kappa shape index (κ3) is 2.60. The highest BCUT2D eigenvalue weighted by Gasteiger charge is 2.38. The van der Waals surface area contributed by atoms with Gasteiger partial charge in [-0.1, -0.05) is 17.7 Å². The number of anilines is 1. The molecular formula is C12H15ClN2O2. The number of hydrogen-bond donors (Lipinski definition) is 2. The van der Waals surface area contributed by atoms with Gasteiger partial charge in [-0.2, -0.15) is 0 Å². The minimum atomic E-state index is -0.937. The number of rotatable bonds is 2. The summed E-state index contributed by atoms with van der Waals surface area (Å²) in [5.74, 6) is -0.248. The monoisotopic (exact) mass is 254 g/mol. The smallest absolute Gasteiger partial charge is 0.246 e. The zero-order valence-corrected chi connectivity index (χ0v) is 10.4. The van der Waals surface area contributed by atoms with Crippen molar-refractivity contribution in [2.75, 3.05) is 18.5 Å². The topological polar surface area (TPSA) is 64.4 Å². The summed E-state index contributed by atoms with van der Waals surface area (Å²) >= 11 is 6.01. The highest BCUT2D eigenvalue weighted by Crippen LogP contribution is 2.25. The van der Waals surface area contributed by atoms with Gasteiger partial charge in [-0.05, 0) is 31.0 Å². The maximum absolute atomic E-state index is 12.0. The predicted molar refractivity (Wildman–Crippen MR) is 67.2 cm³/mol. The minimum absolute atomic E-state index is 0.248. The number of carbonyl (C=O) groups excluding carboxylic acids is 1. The lowest BCUT2D eigenvalue weighted by Gasteiger charge is -2.21. The van der Waals surface area contributed by atoms with Crippen LogP contribution in [0.15, 0.2) is 18.2 Å². The number of amides is 1. The second kappa shape index (κ2) is 4.64. The van der Waals surface area contributed by atoms with E-state index in [-0.39, 0.29) is 12.5 Å². The van der Waals surface area contributed by atoms with Gasteiger partial charge < -0.3 is 15.8 Å². The van der Waals surface area contributed by atoms with Crippen molar-refractivity contribution in [2.24, 2.45) is 5.73 Å². The van der Waals surface area contributed by atoms with E-state index in [4.69, 9.17) is 22.1 Å². The quantitative estimate of drug-likeness (QED) is 0.844. The normalized spacial score (nSPS) is 23.7. The Labute approximate surface area is 105 Å². The molecule has 1 aromatic rings. The van der Waals surface area contributed by atoms with Gasteiger partial charge >= 0.3 is 0 Å². The van der Waals surface area contributed by atoms with Crippen LogP contribution in [0.2, 0.25) is 5.02 Å². The zero-order chi connectivity index (χ0) is 12.5. The first-order chi connectivity index (χ1) is 8.01. The van der Waals surface area contributed by atoms with Crippen LogP contribution in [0.25, 0.3) is 0 Å². The van der Waals surface area contributed by atoms with E-state index in [2.05, 4.69) is 5.32 Å². The molecule has 0 bridgehead atoms. The Balaban J connectivity index is 2.15. The lowest BCUT2D eigenvalue weighted by atomic mass is 9.99. The van der Waals surface area contributed by atoms with Crippen molar-refractivity contribution in [3.8, 4) is 0 Å². The molecular weight excluding hydrogens is 240 g/mol. The molecule has 1 aliphatic rings. The SMILES string of the molecule is Cc1ccc(Cl)c(NC(=O)C2(N)CCOC2)c1. The first-order valence-electron chi connectivity index (χ1n) is 5.45. The van der Waals surface area contributed by atoms with Gasteiger partial charge in [0.15, 0.2) is 0 Å². The summed E-state index contributed by atoms with van der Waals surface area (Å²) in [6.07, 6.45) is 0.530. The molecule has 1 atom stereocenters. The maximum atomic E-state index is 12.0. The Morgan fingerprint density at radius 1 is 1.59 bits per heavy atom. The minimum Gasteiger partial charge on any atom is -0.379 e. The van der Waals surface area contributed by atoms with Gasteiger partial charge in [0.05, 0.1) is 17.3 Å². The molecule has 1 saturated heterocycles. The molecule has 2 rings (SSSR count). The molecule has 17 heavy (non-hydrogen) atoms. The van der Waals surface area contributed by atoms with Crippen LogP contribution in [-0.4, -0.2) is 24.7 Å².